The van der Waals surface area contributed by atoms with Gasteiger partial charge in [0.05, 0.1) is 36.4 Å². The molecular weight excluding hydrogens is 228 g/mol. The summed E-state index contributed by atoms with van der Waals surface area (Å²) < 4.78 is 5.27. The van der Waals surface area contributed by atoms with Gasteiger partial charge in [0.25, 0.3) is 0 Å². The van der Waals surface area contributed by atoms with Gasteiger partial charge >= 0.3 is 0 Å². The van der Waals surface area contributed by atoms with Crippen LogP contribution in [0.3, 0.4) is 0 Å². The second kappa shape index (κ2) is 5.38. The fourth-order valence-corrected chi connectivity index (χ4v) is 2.48. The highest BCUT2D eigenvalue weighted by Crippen LogP contribution is 2.08. The van der Waals surface area contributed by atoms with Crippen LogP contribution in [0.5, 0.6) is 0 Å². The minimum Gasteiger partial charge on any atom is -0.543 e. The van der Waals surface area contributed by atoms with Crippen molar-refractivity contribution in [1.82, 2.24) is 4.98 Å². The van der Waals surface area contributed by atoms with Crippen molar-refractivity contribution in [3.8, 4) is 0 Å². The highest BCUT2D eigenvalue weighted by atomic mass is 32.1. The second-order valence-corrected chi connectivity index (χ2v) is 4.72. The predicted octanol–water partition coefficient (Wildman–Crippen LogP) is -2.04. The maximum atomic E-state index is 10.5. The first-order valence-electron chi connectivity index (χ1n) is 5.33. The van der Waals surface area contributed by atoms with Crippen molar-refractivity contribution < 1.29 is 19.5 Å². The molecule has 2 rings (SSSR count). The van der Waals surface area contributed by atoms with Gasteiger partial charge in [0.1, 0.15) is 13.1 Å². The molecule has 88 valence electrons. The average Bonchev–Trinajstić information content (AvgIpc) is 2.76. The highest BCUT2D eigenvalue weighted by molar-refractivity contribution is 7.09. The number of carboxylic acid groups (broad SMARTS) is 1. The predicted molar refractivity (Wildman–Crippen MR) is 56.5 cm³/mol. The number of aromatic nitrogens is 1. The number of rotatable bonds is 4. The normalized spacial score (nSPS) is 17.5. The number of morpholine rings is 1. The van der Waals surface area contributed by atoms with E-state index in [0.29, 0.717) is 0 Å². The smallest absolute Gasteiger partial charge is 0.101 e. The molecule has 0 aliphatic carbocycles. The van der Waals surface area contributed by atoms with Crippen LogP contribution >= 0.6 is 11.3 Å². The molecule has 6 heteroatoms. The van der Waals surface area contributed by atoms with E-state index < -0.39 is 5.97 Å². The lowest BCUT2D eigenvalue weighted by Crippen LogP contribution is -3.14. The molecule has 0 bridgehead atoms. The topological polar surface area (TPSA) is 66.7 Å². The number of hydrogen-bond acceptors (Lipinski definition) is 5. The first kappa shape index (κ1) is 11.5. The van der Waals surface area contributed by atoms with Gasteiger partial charge in [-0.3, -0.25) is 0 Å². The van der Waals surface area contributed by atoms with Gasteiger partial charge in [-0.15, -0.1) is 11.3 Å². The van der Waals surface area contributed by atoms with Crippen molar-refractivity contribution in [3.63, 3.8) is 0 Å². The summed E-state index contributed by atoms with van der Waals surface area (Å²) in [4.78, 5) is 16.0. The molecule has 1 N–H and O–H groups in total. The minimum absolute atomic E-state index is 0.0528. The third-order valence-electron chi connectivity index (χ3n) is 2.65. The number of nitrogens with zero attached hydrogens (tertiary/aromatic N) is 1. The molecule has 0 spiro atoms. The molecule has 1 fully saturated rings. The number of carbonyl (C=O) groups excluding carboxylic acids is 1. The van der Waals surface area contributed by atoms with Crippen LogP contribution in [0, 0.1) is 0 Å². The fraction of sp³-hybridized carbons (Fsp3) is 0.600. The van der Waals surface area contributed by atoms with Gasteiger partial charge in [0.2, 0.25) is 0 Å². The quantitative estimate of drug-likeness (QED) is 0.661. The Kier molecular flexibility index (Phi) is 3.87. The summed E-state index contributed by atoms with van der Waals surface area (Å²) in [5.41, 5.74) is 0.0528. The summed E-state index contributed by atoms with van der Waals surface area (Å²) in [6.07, 6.45) is 0.827. The van der Waals surface area contributed by atoms with E-state index in [9.17, 15) is 9.90 Å². The number of quaternary nitrogens is 1. The van der Waals surface area contributed by atoms with Gasteiger partial charge in [-0.1, -0.05) is 0 Å². The molecule has 1 aromatic heterocycles. The number of thiazole rings is 1. The molecule has 1 aromatic rings. The lowest BCUT2D eigenvalue weighted by atomic mass is 10.3. The van der Waals surface area contributed by atoms with E-state index in [-0.39, 0.29) is 5.69 Å². The van der Waals surface area contributed by atoms with Crippen molar-refractivity contribution in [2.24, 2.45) is 0 Å². The molecule has 5 nitrogen and oxygen atoms in total. The Morgan fingerprint density at radius 2 is 2.31 bits per heavy atom. The summed E-state index contributed by atoms with van der Waals surface area (Å²) in [5.74, 6) is -1.19. The van der Waals surface area contributed by atoms with E-state index in [4.69, 9.17) is 4.74 Å². The van der Waals surface area contributed by atoms with Crippen molar-refractivity contribution in [3.05, 3.63) is 16.1 Å². The van der Waals surface area contributed by atoms with Crippen molar-refractivity contribution in [1.29, 1.82) is 0 Å². The standard InChI is InChI=1S/C10H14N2O3S/c13-10(14)8-7-16-9(11-8)1-2-12-3-5-15-6-4-12/h7H,1-6H2,(H,13,14). The molecule has 1 aliphatic heterocycles. The monoisotopic (exact) mass is 242 g/mol. The maximum Gasteiger partial charge on any atom is 0.101 e. The van der Waals surface area contributed by atoms with Crippen LogP contribution in [0.25, 0.3) is 0 Å². The first-order valence-corrected chi connectivity index (χ1v) is 6.21. The van der Waals surface area contributed by atoms with Crippen molar-refractivity contribution in [2.75, 3.05) is 32.8 Å². The van der Waals surface area contributed by atoms with Crippen LogP contribution in [0.1, 0.15) is 15.5 Å². The molecule has 16 heavy (non-hydrogen) atoms. The molecule has 0 atom stereocenters. The molecule has 0 aromatic carbocycles. The zero-order valence-corrected chi connectivity index (χ0v) is 9.72. The maximum absolute atomic E-state index is 10.5. The third-order valence-corrected chi connectivity index (χ3v) is 3.56. The first-order chi connectivity index (χ1) is 7.75. The Morgan fingerprint density at radius 1 is 1.56 bits per heavy atom. The van der Waals surface area contributed by atoms with E-state index in [0.717, 1.165) is 44.3 Å². The Labute approximate surface area is 97.7 Å². The van der Waals surface area contributed by atoms with Crippen molar-refractivity contribution in [2.45, 2.75) is 6.42 Å². The van der Waals surface area contributed by atoms with Crippen LogP contribution < -0.4 is 10.0 Å². The summed E-state index contributed by atoms with van der Waals surface area (Å²) >= 11 is 1.39. The molecule has 1 saturated heterocycles. The van der Waals surface area contributed by atoms with Crippen LogP contribution in [0.2, 0.25) is 0 Å². The van der Waals surface area contributed by atoms with Gasteiger partial charge in [-0.05, 0) is 0 Å². The van der Waals surface area contributed by atoms with Gasteiger partial charge in [0.15, 0.2) is 0 Å². The number of carboxylic acids is 1. The molecule has 1 aliphatic rings. The van der Waals surface area contributed by atoms with Gasteiger partial charge in [-0.2, -0.15) is 0 Å². The summed E-state index contributed by atoms with van der Waals surface area (Å²) in [6.45, 7) is 4.68. The zero-order chi connectivity index (χ0) is 11.4. The fourth-order valence-electron chi connectivity index (χ4n) is 1.71. The number of nitrogens with one attached hydrogen (secondary N) is 1. The van der Waals surface area contributed by atoms with Crippen LogP contribution in [0.15, 0.2) is 5.38 Å². The van der Waals surface area contributed by atoms with Crippen molar-refractivity contribution >= 4 is 17.3 Å². The Morgan fingerprint density at radius 3 is 2.94 bits per heavy atom. The zero-order valence-electron chi connectivity index (χ0n) is 8.90. The third kappa shape index (κ3) is 3.01. The minimum atomic E-state index is -1.19. The van der Waals surface area contributed by atoms with E-state index in [1.807, 2.05) is 0 Å². The van der Waals surface area contributed by atoms with E-state index in [1.54, 1.807) is 5.38 Å². The van der Waals surface area contributed by atoms with Gasteiger partial charge in [-0.25, -0.2) is 4.98 Å². The van der Waals surface area contributed by atoms with Crippen LogP contribution in [0.4, 0.5) is 0 Å². The summed E-state index contributed by atoms with van der Waals surface area (Å²) in [5, 5.41) is 12.9. The lowest BCUT2D eigenvalue weighted by Gasteiger charge is -2.23. The Hall–Kier alpha value is -0.980. The number of hydrogen-bond donors (Lipinski definition) is 1. The average molecular weight is 242 g/mol. The lowest BCUT2D eigenvalue weighted by molar-refractivity contribution is -0.907. The molecule has 0 amide bonds. The van der Waals surface area contributed by atoms with Crippen LogP contribution in [-0.2, 0) is 11.2 Å². The van der Waals surface area contributed by atoms with E-state index >= 15 is 0 Å². The number of carbonyl (C=O) groups is 1. The largest absolute Gasteiger partial charge is 0.543 e. The van der Waals surface area contributed by atoms with Crippen LogP contribution in [-0.4, -0.2) is 43.8 Å². The van der Waals surface area contributed by atoms with E-state index in [2.05, 4.69) is 4.98 Å². The molecule has 0 unspecified atom stereocenters. The highest BCUT2D eigenvalue weighted by Gasteiger charge is 2.14. The molecule has 0 saturated carbocycles. The number of aromatic carboxylic acids is 1. The van der Waals surface area contributed by atoms with E-state index in [1.165, 1.54) is 16.2 Å². The van der Waals surface area contributed by atoms with Gasteiger partial charge < -0.3 is 19.5 Å². The SMILES string of the molecule is O=C([O-])c1csc(CC[NH+]2CCOCC2)n1. The Balaban J connectivity index is 1.81. The second-order valence-electron chi connectivity index (χ2n) is 3.78. The number of ether oxygens (including phenoxy) is 1. The molecular formula is C10H14N2O3S. The summed E-state index contributed by atoms with van der Waals surface area (Å²) in [6, 6.07) is 0. The Bertz CT molecular complexity index is 361. The molecule has 0 radical (unpaired) electrons. The summed E-state index contributed by atoms with van der Waals surface area (Å²) in [7, 11) is 0. The van der Waals surface area contributed by atoms with Gasteiger partial charge in [0, 0.05) is 11.8 Å². The molecule has 2 heterocycles.